The van der Waals surface area contributed by atoms with Crippen LogP contribution in [0.2, 0.25) is 19.1 Å². The maximum atomic E-state index is 5.65. The van der Waals surface area contributed by atoms with Gasteiger partial charge in [-0.2, -0.15) is 0 Å². The lowest BCUT2D eigenvalue weighted by Crippen LogP contribution is -2.31. The Morgan fingerprint density at radius 3 is 2.43 bits per heavy atom. The molecule has 0 saturated carbocycles. The van der Waals surface area contributed by atoms with E-state index in [-0.39, 0.29) is 0 Å². The van der Waals surface area contributed by atoms with E-state index in [4.69, 9.17) is 10.2 Å². The molecule has 0 aliphatic rings. The van der Waals surface area contributed by atoms with Crippen molar-refractivity contribution in [2.24, 2.45) is 10.7 Å². The van der Waals surface area contributed by atoms with Crippen LogP contribution in [0.1, 0.15) is 6.42 Å². The van der Waals surface area contributed by atoms with E-state index >= 15 is 0 Å². The highest BCUT2D eigenvalue weighted by atomic mass is 28.4. The largest absolute Gasteiger partial charge is 0.420 e. The molecule has 0 bridgehead atoms. The van der Waals surface area contributed by atoms with Gasteiger partial charge < -0.3 is 15.1 Å². The van der Waals surface area contributed by atoms with Crippen molar-refractivity contribution < 1.29 is 4.43 Å². The van der Waals surface area contributed by atoms with Crippen LogP contribution in [0, 0.1) is 0 Å². The van der Waals surface area contributed by atoms with E-state index in [1.807, 2.05) is 19.0 Å². The molecule has 0 amide bonds. The normalized spacial score (nSPS) is 13.1. The minimum atomic E-state index is -1.40. The molecule has 0 aliphatic heterocycles. The summed E-state index contributed by atoms with van der Waals surface area (Å²) in [5.74, 6) is 0.599. The van der Waals surface area contributed by atoms with Gasteiger partial charge in [0.2, 0.25) is 0 Å². The summed E-state index contributed by atoms with van der Waals surface area (Å²) in [6.45, 7) is 5.22. The average molecular weight is 217 g/mol. The monoisotopic (exact) mass is 217 g/mol. The zero-order valence-electron chi connectivity index (χ0n) is 10.0. The Morgan fingerprint density at radius 2 is 2.00 bits per heavy atom. The van der Waals surface area contributed by atoms with E-state index in [1.54, 1.807) is 7.11 Å². The Balaban J connectivity index is 3.71. The number of nitrogens with zero attached hydrogens (tertiary/aromatic N) is 2. The molecule has 0 fully saturated rings. The van der Waals surface area contributed by atoms with Crippen molar-refractivity contribution in [3.05, 3.63) is 0 Å². The van der Waals surface area contributed by atoms with Crippen molar-refractivity contribution in [3.63, 3.8) is 0 Å². The molecular formula is C9H23N3OSi. The standard InChI is InChI=1S/C9H23N3OSi/c1-12(2)9(10)11-7-6-8-14(4,5)13-3/h6-8H2,1-5H3,(H2,10,11). The van der Waals surface area contributed by atoms with Gasteiger partial charge in [-0.25, -0.2) is 0 Å². The zero-order chi connectivity index (χ0) is 11.2. The van der Waals surface area contributed by atoms with Crippen LogP contribution in [0.15, 0.2) is 4.99 Å². The molecule has 2 N–H and O–H groups in total. The molecule has 0 rings (SSSR count). The summed E-state index contributed by atoms with van der Waals surface area (Å²) in [4.78, 5) is 6.07. The van der Waals surface area contributed by atoms with Crippen molar-refractivity contribution in [2.45, 2.75) is 25.6 Å². The van der Waals surface area contributed by atoms with Gasteiger partial charge in [0, 0.05) is 27.7 Å². The van der Waals surface area contributed by atoms with Gasteiger partial charge in [0.05, 0.1) is 0 Å². The van der Waals surface area contributed by atoms with Crippen molar-refractivity contribution in [3.8, 4) is 0 Å². The molecule has 14 heavy (non-hydrogen) atoms. The van der Waals surface area contributed by atoms with Crippen LogP contribution in [-0.4, -0.2) is 46.9 Å². The lowest BCUT2D eigenvalue weighted by Gasteiger charge is -2.19. The lowest BCUT2D eigenvalue weighted by molar-refractivity contribution is 0.402. The second kappa shape index (κ2) is 6.03. The maximum absolute atomic E-state index is 5.65. The van der Waals surface area contributed by atoms with Crippen LogP contribution in [0.4, 0.5) is 0 Å². The molecule has 0 heterocycles. The average Bonchev–Trinajstić information content (AvgIpc) is 2.12. The predicted octanol–water partition coefficient (Wildman–Crippen LogP) is 1.10. The Bertz CT molecular complexity index is 192. The Morgan fingerprint density at radius 1 is 1.43 bits per heavy atom. The Kier molecular flexibility index (Phi) is 5.79. The molecule has 5 heteroatoms. The van der Waals surface area contributed by atoms with Crippen LogP contribution >= 0.6 is 0 Å². The summed E-state index contributed by atoms with van der Waals surface area (Å²) in [6, 6.07) is 1.13. The molecule has 0 radical (unpaired) electrons. The molecule has 0 aromatic heterocycles. The number of guanidine groups is 1. The molecule has 0 unspecified atom stereocenters. The van der Waals surface area contributed by atoms with Crippen molar-refractivity contribution in [2.75, 3.05) is 27.7 Å². The van der Waals surface area contributed by atoms with E-state index in [1.165, 1.54) is 0 Å². The summed E-state index contributed by atoms with van der Waals surface area (Å²) in [7, 11) is 4.19. The van der Waals surface area contributed by atoms with Crippen molar-refractivity contribution in [1.82, 2.24) is 4.90 Å². The Labute approximate surface area is 88.3 Å². The first-order valence-corrected chi connectivity index (χ1v) is 8.03. The van der Waals surface area contributed by atoms with Crippen LogP contribution < -0.4 is 5.73 Å². The van der Waals surface area contributed by atoms with E-state index in [0.29, 0.717) is 5.96 Å². The van der Waals surface area contributed by atoms with Crippen molar-refractivity contribution >= 4 is 14.3 Å². The number of hydrogen-bond donors (Lipinski definition) is 1. The van der Waals surface area contributed by atoms with Gasteiger partial charge in [0.1, 0.15) is 0 Å². The third kappa shape index (κ3) is 5.99. The molecule has 0 aromatic rings. The topological polar surface area (TPSA) is 50.9 Å². The molecule has 0 aromatic carbocycles. The minimum Gasteiger partial charge on any atom is -0.420 e. The smallest absolute Gasteiger partial charge is 0.190 e. The highest BCUT2D eigenvalue weighted by Gasteiger charge is 2.19. The van der Waals surface area contributed by atoms with Crippen molar-refractivity contribution in [1.29, 1.82) is 0 Å². The fraction of sp³-hybridized carbons (Fsp3) is 0.889. The SMILES string of the molecule is CO[Si](C)(C)CCCN=C(N)N(C)C. The quantitative estimate of drug-likeness (QED) is 0.325. The molecule has 0 saturated heterocycles. The van der Waals surface area contributed by atoms with E-state index < -0.39 is 8.32 Å². The summed E-state index contributed by atoms with van der Waals surface area (Å²) in [5.41, 5.74) is 5.65. The van der Waals surface area contributed by atoms with E-state index in [0.717, 1.165) is 19.0 Å². The first-order chi connectivity index (χ1) is 6.39. The molecule has 0 atom stereocenters. The van der Waals surface area contributed by atoms with Crippen LogP contribution in [0.5, 0.6) is 0 Å². The first kappa shape index (κ1) is 13.4. The summed E-state index contributed by atoms with van der Waals surface area (Å²) >= 11 is 0. The fourth-order valence-corrected chi connectivity index (χ4v) is 2.16. The van der Waals surface area contributed by atoms with Gasteiger partial charge in [0.15, 0.2) is 14.3 Å². The van der Waals surface area contributed by atoms with Crippen LogP contribution in [-0.2, 0) is 4.43 Å². The van der Waals surface area contributed by atoms with Gasteiger partial charge in [-0.15, -0.1) is 0 Å². The Hall–Kier alpha value is -0.553. The second-order valence-corrected chi connectivity index (χ2v) is 8.63. The molecule has 0 aliphatic carbocycles. The highest BCUT2D eigenvalue weighted by Crippen LogP contribution is 2.11. The number of nitrogens with two attached hydrogens (primary N) is 1. The predicted molar refractivity (Wildman–Crippen MR) is 64.1 cm³/mol. The molecule has 84 valence electrons. The van der Waals surface area contributed by atoms with E-state index in [9.17, 15) is 0 Å². The molecule has 0 spiro atoms. The maximum Gasteiger partial charge on any atom is 0.190 e. The first-order valence-electron chi connectivity index (χ1n) is 4.91. The minimum absolute atomic E-state index is 0.599. The van der Waals surface area contributed by atoms with Gasteiger partial charge in [0.25, 0.3) is 0 Å². The van der Waals surface area contributed by atoms with Gasteiger partial charge in [-0.3, -0.25) is 4.99 Å². The summed E-state index contributed by atoms with van der Waals surface area (Å²) < 4.78 is 5.44. The fourth-order valence-electron chi connectivity index (χ4n) is 0.942. The van der Waals surface area contributed by atoms with E-state index in [2.05, 4.69) is 18.1 Å². The molecular weight excluding hydrogens is 194 g/mol. The van der Waals surface area contributed by atoms with Gasteiger partial charge in [-0.05, 0) is 25.6 Å². The van der Waals surface area contributed by atoms with Gasteiger partial charge >= 0.3 is 0 Å². The summed E-state index contributed by atoms with van der Waals surface area (Å²) in [5, 5.41) is 0. The third-order valence-electron chi connectivity index (χ3n) is 2.22. The van der Waals surface area contributed by atoms with Crippen LogP contribution in [0.25, 0.3) is 0 Å². The highest BCUT2D eigenvalue weighted by molar-refractivity contribution is 6.71. The number of aliphatic imine (C=N–C) groups is 1. The second-order valence-electron chi connectivity index (χ2n) is 4.20. The van der Waals surface area contributed by atoms with Crippen LogP contribution in [0.3, 0.4) is 0 Å². The third-order valence-corrected chi connectivity index (χ3v) is 4.88. The van der Waals surface area contributed by atoms with Gasteiger partial charge in [-0.1, -0.05) is 0 Å². The number of hydrogen-bond acceptors (Lipinski definition) is 2. The number of rotatable bonds is 5. The zero-order valence-corrected chi connectivity index (χ0v) is 11.0. The molecule has 4 nitrogen and oxygen atoms in total. The lowest BCUT2D eigenvalue weighted by atomic mass is 10.5. The summed E-state index contributed by atoms with van der Waals surface area (Å²) in [6.07, 6.45) is 1.06.